The maximum atomic E-state index is 5.90. The minimum absolute atomic E-state index is 0.0413. The molecule has 1 unspecified atom stereocenters. The van der Waals surface area contributed by atoms with Crippen molar-refractivity contribution in [3.63, 3.8) is 0 Å². The van der Waals surface area contributed by atoms with E-state index in [1.54, 1.807) is 6.20 Å². The molecule has 18 heavy (non-hydrogen) atoms. The Bertz CT molecular complexity index is 372. The van der Waals surface area contributed by atoms with Gasteiger partial charge in [0.15, 0.2) is 5.75 Å². The summed E-state index contributed by atoms with van der Waals surface area (Å²) < 4.78 is 11.0. The predicted octanol–water partition coefficient (Wildman–Crippen LogP) is 3.14. The van der Waals surface area contributed by atoms with Crippen LogP contribution in [0, 0.1) is 0 Å². The van der Waals surface area contributed by atoms with Crippen molar-refractivity contribution >= 4 is 11.6 Å². The lowest BCUT2D eigenvalue weighted by Crippen LogP contribution is -2.20. The monoisotopic (exact) mass is 272 g/mol. The molecule has 0 saturated carbocycles. The van der Waals surface area contributed by atoms with Gasteiger partial charge >= 0.3 is 0 Å². The molecule has 0 spiro atoms. The van der Waals surface area contributed by atoms with Crippen molar-refractivity contribution in [3.8, 4) is 5.75 Å². The van der Waals surface area contributed by atoms with E-state index in [4.69, 9.17) is 21.1 Å². The van der Waals surface area contributed by atoms with Gasteiger partial charge in [-0.3, -0.25) is 0 Å². The van der Waals surface area contributed by atoms with Crippen molar-refractivity contribution in [1.29, 1.82) is 0 Å². The molecule has 0 amide bonds. The second-order valence-electron chi connectivity index (χ2n) is 4.42. The molecule has 1 heterocycles. The van der Waals surface area contributed by atoms with Gasteiger partial charge < -0.3 is 9.47 Å². The summed E-state index contributed by atoms with van der Waals surface area (Å²) in [6, 6.07) is 0. The highest BCUT2D eigenvalue weighted by atomic mass is 35.5. The molecule has 4 nitrogen and oxygen atoms in total. The van der Waals surface area contributed by atoms with E-state index in [-0.39, 0.29) is 12.0 Å². The quantitative estimate of drug-likeness (QED) is 0.715. The van der Waals surface area contributed by atoms with E-state index in [1.807, 2.05) is 27.7 Å². The van der Waals surface area contributed by atoms with Crippen molar-refractivity contribution in [1.82, 2.24) is 9.97 Å². The van der Waals surface area contributed by atoms with E-state index in [9.17, 15) is 0 Å². The molecule has 0 radical (unpaired) electrons. The highest BCUT2D eigenvalue weighted by Crippen LogP contribution is 2.21. The van der Waals surface area contributed by atoms with Crippen molar-refractivity contribution in [2.75, 3.05) is 13.2 Å². The minimum Gasteiger partial charge on any atom is -0.485 e. The van der Waals surface area contributed by atoms with Gasteiger partial charge in [-0.1, -0.05) is 13.8 Å². The van der Waals surface area contributed by atoms with Crippen molar-refractivity contribution in [3.05, 3.63) is 17.7 Å². The van der Waals surface area contributed by atoms with Crippen LogP contribution in [0.25, 0.3) is 0 Å². The first-order chi connectivity index (χ1) is 8.58. The summed E-state index contributed by atoms with van der Waals surface area (Å²) in [4.78, 5) is 8.70. The van der Waals surface area contributed by atoms with Crippen molar-refractivity contribution < 1.29 is 9.47 Å². The number of ether oxygens (including phenoxy) is 2. The third-order valence-corrected chi connectivity index (χ3v) is 2.63. The first-order valence-corrected chi connectivity index (χ1v) is 6.78. The number of hydrogen-bond donors (Lipinski definition) is 0. The molecule has 0 aliphatic rings. The van der Waals surface area contributed by atoms with Crippen LogP contribution in [0.4, 0.5) is 0 Å². The molecular formula is C13H21ClN2O2. The lowest BCUT2D eigenvalue weighted by molar-refractivity contribution is 0.0648. The van der Waals surface area contributed by atoms with Crippen LogP contribution in [0.5, 0.6) is 5.75 Å². The molecule has 102 valence electrons. The van der Waals surface area contributed by atoms with Gasteiger partial charge in [0.2, 0.25) is 0 Å². The minimum atomic E-state index is -0.0413. The Kier molecular flexibility index (Phi) is 6.36. The number of rotatable bonds is 7. The number of alkyl halides is 1. The molecule has 0 fully saturated rings. The number of hydrogen-bond acceptors (Lipinski definition) is 4. The highest BCUT2D eigenvalue weighted by molar-refractivity contribution is 6.17. The van der Waals surface area contributed by atoms with Gasteiger partial charge in [0.05, 0.1) is 18.7 Å². The molecule has 5 heteroatoms. The van der Waals surface area contributed by atoms with E-state index >= 15 is 0 Å². The maximum absolute atomic E-state index is 5.90. The van der Waals surface area contributed by atoms with Gasteiger partial charge in [0, 0.05) is 12.5 Å². The zero-order valence-corrected chi connectivity index (χ0v) is 12.2. The normalized spacial score (nSPS) is 12.8. The number of halogens is 1. The molecule has 0 bridgehead atoms. The van der Waals surface area contributed by atoms with E-state index in [0.29, 0.717) is 24.8 Å². The second-order valence-corrected chi connectivity index (χ2v) is 4.68. The highest BCUT2D eigenvalue weighted by Gasteiger charge is 2.12. The van der Waals surface area contributed by atoms with E-state index < -0.39 is 0 Å². The maximum Gasteiger partial charge on any atom is 0.160 e. The van der Waals surface area contributed by atoms with Crippen LogP contribution in [-0.4, -0.2) is 29.3 Å². The van der Waals surface area contributed by atoms with Crippen molar-refractivity contribution in [2.24, 2.45) is 0 Å². The Hall–Kier alpha value is -0.870. The summed E-state index contributed by atoms with van der Waals surface area (Å²) in [6.07, 6.45) is 1.66. The summed E-state index contributed by atoms with van der Waals surface area (Å²) in [5.41, 5.74) is 0.735. The van der Waals surface area contributed by atoms with Gasteiger partial charge in [-0.05, 0) is 13.8 Å². The zero-order chi connectivity index (χ0) is 13.5. The summed E-state index contributed by atoms with van der Waals surface area (Å²) in [5, 5.41) is 0. The summed E-state index contributed by atoms with van der Waals surface area (Å²) in [7, 11) is 0. The molecular weight excluding hydrogens is 252 g/mol. The third kappa shape index (κ3) is 4.42. The molecule has 0 aliphatic heterocycles. The molecule has 0 aromatic carbocycles. The fraction of sp³-hybridized carbons (Fsp3) is 0.692. The molecule has 1 atom stereocenters. The van der Waals surface area contributed by atoms with E-state index in [1.165, 1.54) is 0 Å². The standard InChI is InChI=1S/C13H21ClN2O2/c1-5-17-8-10(4)18-12-7-15-13(9(2)3)16-11(12)6-14/h7,9-10H,5-6,8H2,1-4H3. The lowest BCUT2D eigenvalue weighted by atomic mass is 10.2. The number of aromatic nitrogens is 2. The van der Waals surface area contributed by atoms with Crippen molar-refractivity contribution in [2.45, 2.75) is 45.6 Å². The average Bonchev–Trinajstić information content (AvgIpc) is 2.36. The molecule has 1 rings (SSSR count). The lowest BCUT2D eigenvalue weighted by Gasteiger charge is -2.16. The van der Waals surface area contributed by atoms with Gasteiger partial charge in [0.1, 0.15) is 17.6 Å². The molecule has 0 aliphatic carbocycles. The van der Waals surface area contributed by atoms with Crippen LogP contribution in [0.3, 0.4) is 0 Å². The summed E-state index contributed by atoms with van der Waals surface area (Å²) in [6.45, 7) is 9.22. The summed E-state index contributed by atoms with van der Waals surface area (Å²) >= 11 is 5.90. The molecule has 1 aromatic heterocycles. The van der Waals surface area contributed by atoms with E-state index in [0.717, 1.165) is 11.5 Å². The third-order valence-electron chi connectivity index (χ3n) is 2.38. The van der Waals surface area contributed by atoms with Crippen LogP contribution in [0.1, 0.15) is 45.1 Å². The Labute approximate surface area is 114 Å². The zero-order valence-electron chi connectivity index (χ0n) is 11.4. The largest absolute Gasteiger partial charge is 0.485 e. The predicted molar refractivity (Wildman–Crippen MR) is 72.3 cm³/mol. The Morgan fingerprint density at radius 3 is 2.61 bits per heavy atom. The van der Waals surface area contributed by atoms with Gasteiger partial charge in [0.25, 0.3) is 0 Å². The SMILES string of the molecule is CCOCC(C)Oc1cnc(C(C)C)nc1CCl. The van der Waals surface area contributed by atoms with Crippen LogP contribution in [-0.2, 0) is 10.6 Å². The number of nitrogens with zero attached hydrogens (tertiary/aromatic N) is 2. The fourth-order valence-electron chi connectivity index (χ4n) is 1.43. The summed E-state index contributed by atoms with van der Waals surface area (Å²) in [5.74, 6) is 2.03. The fourth-order valence-corrected chi connectivity index (χ4v) is 1.62. The van der Waals surface area contributed by atoms with Crippen LogP contribution in [0.2, 0.25) is 0 Å². The Morgan fingerprint density at radius 1 is 1.33 bits per heavy atom. The Morgan fingerprint density at radius 2 is 2.06 bits per heavy atom. The van der Waals surface area contributed by atoms with Gasteiger partial charge in [-0.15, -0.1) is 11.6 Å². The topological polar surface area (TPSA) is 44.2 Å². The molecule has 1 aromatic rings. The first-order valence-electron chi connectivity index (χ1n) is 6.24. The molecule has 0 N–H and O–H groups in total. The smallest absolute Gasteiger partial charge is 0.160 e. The van der Waals surface area contributed by atoms with Crippen LogP contribution in [0.15, 0.2) is 6.20 Å². The van der Waals surface area contributed by atoms with Gasteiger partial charge in [-0.2, -0.15) is 0 Å². The Balaban J connectivity index is 2.76. The molecule has 0 saturated heterocycles. The first kappa shape index (κ1) is 15.2. The van der Waals surface area contributed by atoms with Gasteiger partial charge in [-0.25, -0.2) is 9.97 Å². The average molecular weight is 273 g/mol. The van der Waals surface area contributed by atoms with E-state index in [2.05, 4.69) is 9.97 Å². The second kappa shape index (κ2) is 7.54. The van der Waals surface area contributed by atoms with Crippen LogP contribution >= 0.6 is 11.6 Å². The van der Waals surface area contributed by atoms with Crippen LogP contribution < -0.4 is 4.74 Å².